The van der Waals surface area contributed by atoms with Gasteiger partial charge in [-0.2, -0.15) is 0 Å². The first kappa shape index (κ1) is 34.6. The molecule has 1 aromatic rings. The van der Waals surface area contributed by atoms with Crippen LogP contribution in [0.4, 0.5) is 0 Å². The van der Waals surface area contributed by atoms with E-state index >= 15 is 0 Å². The Balaban J connectivity index is 0. The van der Waals surface area contributed by atoms with E-state index in [1.54, 1.807) is 0 Å². The van der Waals surface area contributed by atoms with E-state index in [0.29, 0.717) is 0 Å². The van der Waals surface area contributed by atoms with Gasteiger partial charge in [-0.3, -0.25) is 14.3 Å². The highest BCUT2D eigenvalue weighted by atomic mass is 31.2. The van der Waals surface area contributed by atoms with E-state index in [9.17, 15) is 19.8 Å². The van der Waals surface area contributed by atoms with Crippen LogP contribution in [0.15, 0.2) is 21.9 Å². The van der Waals surface area contributed by atoms with Gasteiger partial charge >= 0.3 is 29.2 Å². The Hall–Kier alpha value is -1.59. The molecular formula is C11H21N2O18P3. The second-order valence-corrected chi connectivity index (χ2v) is 8.76. The van der Waals surface area contributed by atoms with Crippen LogP contribution in [0.5, 0.6) is 0 Å². The SMILES string of the molecule is C#C[C@]1(O)[C@H](O)[C@@H](CO)O[C@H]1n1ccc(=O)[nH]c1=O.O=P(O)(O)O.O=P(O)(O)O.O=P(O)(O)O. The molecule has 0 radical (unpaired) electrons. The molecule has 34 heavy (non-hydrogen) atoms. The predicted molar refractivity (Wildman–Crippen MR) is 105 cm³/mol. The van der Waals surface area contributed by atoms with E-state index in [1.807, 2.05) is 10.9 Å². The van der Waals surface area contributed by atoms with Crippen LogP contribution < -0.4 is 11.2 Å². The molecule has 0 unspecified atom stereocenters. The number of nitrogens with zero attached hydrogens (tertiary/aromatic N) is 1. The van der Waals surface area contributed by atoms with Crippen LogP contribution in [0, 0.1) is 12.3 Å². The molecule has 4 atom stereocenters. The Morgan fingerprint density at radius 3 is 1.68 bits per heavy atom. The predicted octanol–water partition coefficient (Wildman–Crippen LogP) is -5.63. The van der Waals surface area contributed by atoms with Crippen LogP contribution in [-0.2, 0) is 18.4 Å². The minimum absolute atomic E-state index is 0.584. The largest absolute Gasteiger partial charge is 0.466 e. The fourth-order valence-electron chi connectivity index (χ4n) is 1.96. The molecule has 2 rings (SSSR count). The van der Waals surface area contributed by atoms with E-state index in [2.05, 4.69) is 0 Å². The Bertz CT molecular complexity index is 1000. The van der Waals surface area contributed by atoms with Crippen molar-refractivity contribution in [1.29, 1.82) is 0 Å². The second-order valence-electron chi connectivity index (χ2n) is 5.68. The highest BCUT2D eigenvalue weighted by Crippen LogP contribution is 2.37. The van der Waals surface area contributed by atoms with E-state index in [0.717, 1.165) is 16.8 Å². The van der Waals surface area contributed by atoms with Crippen molar-refractivity contribution in [2.75, 3.05) is 6.61 Å². The lowest BCUT2D eigenvalue weighted by molar-refractivity contribution is -0.0764. The van der Waals surface area contributed by atoms with Crippen LogP contribution >= 0.6 is 23.5 Å². The maximum Gasteiger partial charge on any atom is 0.466 e. The molecule has 23 heteroatoms. The van der Waals surface area contributed by atoms with Gasteiger partial charge < -0.3 is 64.1 Å². The summed E-state index contributed by atoms with van der Waals surface area (Å²) in [5, 5.41) is 29.1. The molecule has 1 aliphatic rings. The van der Waals surface area contributed by atoms with Gasteiger partial charge in [0.05, 0.1) is 6.61 Å². The molecule has 0 saturated carbocycles. The molecule has 1 aromatic heterocycles. The molecule has 1 fully saturated rings. The van der Waals surface area contributed by atoms with Gasteiger partial charge in [0.1, 0.15) is 12.2 Å². The Labute approximate surface area is 187 Å². The third kappa shape index (κ3) is 16.1. The number of terminal acetylenes is 1. The Morgan fingerprint density at radius 1 is 1.00 bits per heavy atom. The summed E-state index contributed by atoms with van der Waals surface area (Å²) in [6.45, 7) is -0.584. The van der Waals surface area contributed by atoms with Crippen molar-refractivity contribution in [3.05, 3.63) is 33.1 Å². The number of rotatable bonds is 2. The molecule has 13 N–H and O–H groups in total. The maximum atomic E-state index is 11.6. The standard InChI is InChI=1S/C11H12N2O6.3H3O4P/c1-2-11(18)8(16)6(5-14)19-9(11)13-4-3-7(15)12-10(13)17;3*1-5(2,3)4/h1,3-4,6,8-9,14,16,18H,5H2,(H,12,15,17);3*(H3,1,2,3,4)/t6-,8-,9-,11+;;;/m1.../s1. The number of hydrogen-bond donors (Lipinski definition) is 13. The van der Waals surface area contributed by atoms with Crippen LogP contribution in [0.1, 0.15) is 6.23 Å². The van der Waals surface area contributed by atoms with E-state index in [1.165, 1.54) is 0 Å². The normalized spacial score (nSPS) is 24.3. The zero-order valence-corrected chi connectivity index (χ0v) is 19.0. The lowest BCUT2D eigenvalue weighted by Crippen LogP contribution is -2.48. The number of phosphoric acid groups is 3. The van der Waals surface area contributed by atoms with Gasteiger partial charge in [-0.1, -0.05) is 5.92 Å². The Morgan fingerprint density at radius 2 is 1.38 bits per heavy atom. The summed E-state index contributed by atoms with van der Waals surface area (Å²) in [4.78, 5) is 89.3. The number of hydrogen-bond acceptors (Lipinski definition) is 9. The van der Waals surface area contributed by atoms with Crippen molar-refractivity contribution >= 4 is 23.5 Å². The van der Waals surface area contributed by atoms with Crippen LogP contribution in [0.2, 0.25) is 0 Å². The highest BCUT2D eigenvalue weighted by molar-refractivity contribution is 7.45. The lowest BCUT2D eigenvalue weighted by atomic mass is 9.95. The van der Waals surface area contributed by atoms with Gasteiger partial charge in [0.2, 0.25) is 0 Å². The van der Waals surface area contributed by atoms with Gasteiger partial charge in [0, 0.05) is 12.3 Å². The van der Waals surface area contributed by atoms with Crippen LogP contribution in [0.3, 0.4) is 0 Å². The number of aliphatic hydroxyl groups excluding tert-OH is 2. The van der Waals surface area contributed by atoms with Crippen molar-refractivity contribution in [2.24, 2.45) is 0 Å². The Kier molecular flexibility index (Phi) is 13.7. The van der Waals surface area contributed by atoms with Crippen LogP contribution in [0.25, 0.3) is 0 Å². The smallest absolute Gasteiger partial charge is 0.394 e. The van der Waals surface area contributed by atoms with Gasteiger partial charge in [-0.15, -0.1) is 6.42 Å². The first-order valence-electron chi connectivity index (χ1n) is 7.75. The summed E-state index contributed by atoms with van der Waals surface area (Å²) in [5.41, 5.74) is -3.66. The molecule has 1 aliphatic heterocycles. The number of nitrogens with one attached hydrogen (secondary N) is 1. The first-order valence-corrected chi connectivity index (χ1v) is 12.4. The number of aromatic nitrogens is 2. The van der Waals surface area contributed by atoms with E-state index in [4.69, 9.17) is 74.0 Å². The first-order chi connectivity index (χ1) is 14.9. The minimum Gasteiger partial charge on any atom is -0.394 e. The third-order valence-corrected chi connectivity index (χ3v) is 3.00. The molecule has 0 spiro atoms. The number of ether oxygens (including phenoxy) is 1. The van der Waals surface area contributed by atoms with Crippen molar-refractivity contribution < 1.29 is 77.8 Å². The lowest BCUT2D eigenvalue weighted by Gasteiger charge is -2.26. The molecule has 2 heterocycles. The van der Waals surface area contributed by atoms with E-state index in [-0.39, 0.29) is 0 Å². The molecule has 1 saturated heterocycles. The van der Waals surface area contributed by atoms with Gasteiger partial charge in [0.15, 0.2) is 11.8 Å². The maximum absolute atomic E-state index is 11.6. The summed E-state index contributed by atoms with van der Waals surface area (Å²) >= 11 is 0. The average Bonchev–Trinajstić information content (AvgIpc) is 2.82. The summed E-state index contributed by atoms with van der Waals surface area (Å²) in [5.74, 6) is 1.96. The monoisotopic (exact) mass is 562 g/mol. The van der Waals surface area contributed by atoms with Gasteiger partial charge in [0.25, 0.3) is 5.56 Å². The van der Waals surface area contributed by atoms with Crippen molar-refractivity contribution in [1.82, 2.24) is 9.55 Å². The topological polar surface area (TPSA) is 358 Å². The summed E-state index contributed by atoms with van der Waals surface area (Å²) in [6.07, 6.45) is 2.15. The van der Waals surface area contributed by atoms with Gasteiger partial charge in [-0.25, -0.2) is 18.5 Å². The fourth-order valence-corrected chi connectivity index (χ4v) is 1.96. The summed E-state index contributed by atoms with van der Waals surface area (Å²) < 4.78 is 32.7. The molecule has 20 nitrogen and oxygen atoms in total. The average molecular weight is 562 g/mol. The molecule has 0 bridgehead atoms. The fraction of sp³-hybridized carbons (Fsp3) is 0.455. The van der Waals surface area contributed by atoms with Crippen molar-refractivity contribution in [2.45, 2.75) is 24.0 Å². The van der Waals surface area contributed by atoms with Gasteiger partial charge in [-0.05, 0) is 0 Å². The van der Waals surface area contributed by atoms with Crippen molar-refractivity contribution in [3.8, 4) is 12.3 Å². The quantitative estimate of drug-likeness (QED) is 0.118. The zero-order valence-electron chi connectivity index (χ0n) is 16.3. The second kappa shape index (κ2) is 13.5. The molecule has 0 aromatic carbocycles. The minimum atomic E-state index is -4.64. The number of H-pyrrole nitrogens is 1. The highest BCUT2D eigenvalue weighted by Gasteiger charge is 2.55. The molecule has 0 amide bonds. The zero-order chi connectivity index (χ0) is 27.7. The number of aromatic amines is 1. The third-order valence-electron chi connectivity index (χ3n) is 3.00. The molecule has 198 valence electrons. The molecular weight excluding hydrogens is 541 g/mol. The van der Waals surface area contributed by atoms with Crippen LogP contribution in [-0.4, -0.2) is 93.3 Å². The number of aliphatic hydroxyl groups is 3. The summed E-state index contributed by atoms with van der Waals surface area (Å²) in [7, 11) is -13.9. The van der Waals surface area contributed by atoms with Crippen molar-refractivity contribution in [3.63, 3.8) is 0 Å². The molecule has 0 aliphatic carbocycles. The van der Waals surface area contributed by atoms with E-state index < -0.39 is 65.4 Å². The summed E-state index contributed by atoms with van der Waals surface area (Å²) in [6, 6.07) is 1.04.